The van der Waals surface area contributed by atoms with E-state index in [2.05, 4.69) is 16.8 Å². The van der Waals surface area contributed by atoms with Crippen LogP contribution in [0.15, 0.2) is 4.99 Å². The number of piperidine rings is 1. The second-order valence-electron chi connectivity index (χ2n) is 5.10. The van der Waals surface area contributed by atoms with Crippen LogP contribution in [-0.2, 0) is 0 Å². The molecule has 1 saturated carbocycles. The molecule has 0 aromatic rings. The van der Waals surface area contributed by atoms with Crippen molar-refractivity contribution >= 4 is 5.96 Å². The van der Waals surface area contributed by atoms with Crippen molar-refractivity contribution in [2.45, 2.75) is 51.5 Å². The largest absolute Gasteiger partial charge is 0.370 e. The third-order valence-electron chi connectivity index (χ3n) is 3.75. The van der Waals surface area contributed by atoms with Gasteiger partial charge in [-0.25, -0.2) is 4.99 Å². The first kappa shape index (κ1) is 10.8. The molecular formula is C12H23N3. The molecule has 0 radical (unpaired) electrons. The van der Waals surface area contributed by atoms with Crippen LogP contribution in [0, 0.1) is 5.92 Å². The summed E-state index contributed by atoms with van der Waals surface area (Å²) in [7, 11) is 0. The normalized spacial score (nSPS) is 26.2. The first-order chi connectivity index (χ1) is 7.25. The predicted octanol–water partition coefficient (Wildman–Crippen LogP) is 1.98. The average Bonchev–Trinajstić information content (AvgIpc) is 2.71. The molecule has 0 unspecified atom stereocenters. The highest BCUT2D eigenvalue weighted by Gasteiger charge is 2.19. The summed E-state index contributed by atoms with van der Waals surface area (Å²) >= 11 is 0. The van der Waals surface area contributed by atoms with Crippen LogP contribution in [0.4, 0.5) is 0 Å². The Kier molecular flexibility index (Phi) is 3.49. The highest BCUT2D eigenvalue weighted by atomic mass is 15.3. The van der Waals surface area contributed by atoms with Crippen LogP contribution in [-0.4, -0.2) is 30.0 Å². The number of nitrogens with two attached hydrogens (primary N) is 1. The monoisotopic (exact) mass is 209 g/mol. The minimum atomic E-state index is 0.518. The van der Waals surface area contributed by atoms with Crippen molar-refractivity contribution < 1.29 is 0 Å². The van der Waals surface area contributed by atoms with Gasteiger partial charge in [-0.15, -0.1) is 0 Å². The quantitative estimate of drug-likeness (QED) is 0.530. The van der Waals surface area contributed by atoms with Gasteiger partial charge in [-0.3, -0.25) is 0 Å². The molecule has 1 aliphatic carbocycles. The Bertz CT molecular complexity index is 223. The van der Waals surface area contributed by atoms with Crippen LogP contribution in [0.25, 0.3) is 0 Å². The number of likely N-dealkylation sites (tertiary alicyclic amines) is 1. The highest BCUT2D eigenvalue weighted by molar-refractivity contribution is 5.78. The summed E-state index contributed by atoms with van der Waals surface area (Å²) in [4.78, 5) is 6.91. The van der Waals surface area contributed by atoms with E-state index in [-0.39, 0.29) is 0 Å². The molecule has 2 rings (SSSR count). The first-order valence-corrected chi connectivity index (χ1v) is 6.34. The lowest BCUT2D eigenvalue weighted by Crippen LogP contribution is -2.43. The lowest BCUT2D eigenvalue weighted by atomic mass is 10.00. The summed E-state index contributed by atoms with van der Waals surface area (Å²) in [6, 6.07) is 0.518. The van der Waals surface area contributed by atoms with Crippen molar-refractivity contribution in [3.05, 3.63) is 0 Å². The lowest BCUT2D eigenvalue weighted by Gasteiger charge is -2.31. The number of hydrogen-bond donors (Lipinski definition) is 1. The van der Waals surface area contributed by atoms with Crippen LogP contribution in [0.2, 0.25) is 0 Å². The number of nitrogens with zero attached hydrogens (tertiary/aromatic N) is 2. The molecule has 2 N–H and O–H groups in total. The van der Waals surface area contributed by atoms with Gasteiger partial charge < -0.3 is 10.6 Å². The van der Waals surface area contributed by atoms with Crippen molar-refractivity contribution in [1.82, 2.24) is 4.90 Å². The highest BCUT2D eigenvalue weighted by Crippen LogP contribution is 2.22. The second kappa shape index (κ2) is 4.86. The number of guanidine groups is 1. The summed E-state index contributed by atoms with van der Waals surface area (Å²) in [6.45, 7) is 4.52. The van der Waals surface area contributed by atoms with E-state index in [0.29, 0.717) is 6.04 Å². The van der Waals surface area contributed by atoms with Crippen LogP contribution in [0.3, 0.4) is 0 Å². The van der Waals surface area contributed by atoms with Crippen LogP contribution < -0.4 is 5.73 Å². The number of aliphatic imine (C=N–C) groups is 1. The minimum absolute atomic E-state index is 0.518. The molecule has 0 aromatic heterocycles. The van der Waals surface area contributed by atoms with E-state index in [9.17, 15) is 0 Å². The zero-order valence-electron chi connectivity index (χ0n) is 9.78. The van der Waals surface area contributed by atoms with Crippen molar-refractivity contribution in [2.75, 3.05) is 13.1 Å². The zero-order valence-corrected chi connectivity index (χ0v) is 9.78. The maximum absolute atomic E-state index is 6.05. The molecule has 0 atom stereocenters. The summed E-state index contributed by atoms with van der Waals surface area (Å²) in [5, 5.41) is 0. The molecule has 3 nitrogen and oxygen atoms in total. The fourth-order valence-electron chi connectivity index (χ4n) is 2.54. The smallest absolute Gasteiger partial charge is 0.191 e. The summed E-state index contributed by atoms with van der Waals surface area (Å²) in [5.74, 6) is 1.66. The van der Waals surface area contributed by atoms with Gasteiger partial charge in [0.25, 0.3) is 0 Å². The number of rotatable bonds is 1. The van der Waals surface area contributed by atoms with Gasteiger partial charge in [-0.05, 0) is 31.6 Å². The van der Waals surface area contributed by atoms with E-state index < -0.39 is 0 Å². The summed E-state index contributed by atoms with van der Waals surface area (Å²) in [6.07, 6.45) is 7.68. The molecule has 2 aliphatic rings. The van der Waals surface area contributed by atoms with Gasteiger partial charge in [0.2, 0.25) is 0 Å². The van der Waals surface area contributed by atoms with E-state index in [4.69, 9.17) is 5.73 Å². The lowest BCUT2D eigenvalue weighted by molar-refractivity contribution is 0.277. The van der Waals surface area contributed by atoms with Gasteiger partial charge in [0.1, 0.15) is 0 Å². The van der Waals surface area contributed by atoms with Gasteiger partial charge in [0.05, 0.1) is 6.04 Å². The molecule has 15 heavy (non-hydrogen) atoms. The Balaban J connectivity index is 1.86. The fraction of sp³-hybridized carbons (Fsp3) is 0.917. The van der Waals surface area contributed by atoms with E-state index in [1.807, 2.05) is 0 Å². The van der Waals surface area contributed by atoms with Gasteiger partial charge in [0, 0.05) is 13.1 Å². The van der Waals surface area contributed by atoms with Crippen molar-refractivity contribution in [3.63, 3.8) is 0 Å². The Hall–Kier alpha value is -0.730. The van der Waals surface area contributed by atoms with Crippen LogP contribution in [0.1, 0.15) is 45.4 Å². The topological polar surface area (TPSA) is 41.6 Å². The molecule has 1 heterocycles. The van der Waals surface area contributed by atoms with Gasteiger partial charge >= 0.3 is 0 Å². The minimum Gasteiger partial charge on any atom is -0.370 e. The molecule has 2 fully saturated rings. The van der Waals surface area contributed by atoms with Crippen molar-refractivity contribution in [3.8, 4) is 0 Å². The van der Waals surface area contributed by atoms with E-state index in [0.717, 1.165) is 25.0 Å². The molecule has 1 saturated heterocycles. The SMILES string of the molecule is CC1CCN(C(N)=NC2CCCC2)CC1. The molecule has 0 amide bonds. The second-order valence-corrected chi connectivity index (χ2v) is 5.10. The van der Waals surface area contributed by atoms with Gasteiger partial charge in [0.15, 0.2) is 5.96 Å². The Morgan fingerprint density at radius 2 is 1.73 bits per heavy atom. The summed E-state index contributed by atoms with van der Waals surface area (Å²) in [5.41, 5.74) is 6.05. The third kappa shape index (κ3) is 2.86. The Morgan fingerprint density at radius 3 is 2.33 bits per heavy atom. The molecule has 3 heteroatoms. The van der Waals surface area contributed by atoms with Crippen LogP contribution in [0.5, 0.6) is 0 Å². The average molecular weight is 209 g/mol. The molecule has 0 spiro atoms. The zero-order chi connectivity index (χ0) is 10.7. The van der Waals surface area contributed by atoms with Crippen LogP contribution >= 0.6 is 0 Å². The fourth-order valence-corrected chi connectivity index (χ4v) is 2.54. The molecule has 0 aromatic carbocycles. The van der Waals surface area contributed by atoms with Crippen molar-refractivity contribution in [2.24, 2.45) is 16.6 Å². The number of hydrogen-bond acceptors (Lipinski definition) is 1. The predicted molar refractivity (Wildman–Crippen MR) is 63.8 cm³/mol. The van der Waals surface area contributed by atoms with Gasteiger partial charge in [-0.1, -0.05) is 19.8 Å². The Labute approximate surface area is 92.7 Å². The van der Waals surface area contributed by atoms with E-state index in [1.165, 1.54) is 38.5 Å². The van der Waals surface area contributed by atoms with E-state index in [1.54, 1.807) is 0 Å². The molecule has 1 aliphatic heterocycles. The van der Waals surface area contributed by atoms with Gasteiger partial charge in [-0.2, -0.15) is 0 Å². The first-order valence-electron chi connectivity index (χ1n) is 6.34. The van der Waals surface area contributed by atoms with Crippen molar-refractivity contribution in [1.29, 1.82) is 0 Å². The Morgan fingerprint density at radius 1 is 1.13 bits per heavy atom. The molecular weight excluding hydrogens is 186 g/mol. The standard InChI is InChI=1S/C12H23N3/c1-10-6-8-15(9-7-10)12(13)14-11-4-2-3-5-11/h10-11H,2-9H2,1H3,(H2,13,14). The third-order valence-corrected chi connectivity index (χ3v) is 3.75. The summed E-state index contributed by atoms with van der Waals surface area (Å²) < 4.78 is 0. The molecule has 86 valence electrons. The maximum Gasteiger partial charge on any atom is 0.191 e. The maximum atomic E-state index is 6.05. The van der Waals surface area contributed by atoms with E-state index >= 15 is 0 Å². The molecule has 0 bridgehead atoms.